The minimum absolute atomic E-state index is 0.181. The van der Waals surface area contributed by atoms with Gasteiger partial charge in [0.2, 0.25) is 5.91 Å². The van der Waals surface area contributed by atoms with E-state index >= 15 is 0 Å². The number of nitrogen functional groups attached to an aromatic ring is 1. The highest BCUT2D eigenvalue weighted by molar-refractivity contribution is 6.31. The maximum atomic E-state index is 12.2. The summed E-state index contributed by atoms with van der Waals surface area (Å²) >= 11 is 5.95. The number of anilines is 2. The Labute approximate surface area is 142 Å². The average Bonchev–Trinajstić information content (AvgIpc) is 2.98. The van der Waals surface area contributed by atoms with E-state index in [1.807, 2.05) is 0 Å². The highest BCUT2D eigenvalue weighted by Crippen LogP contribution is 2.27. The van der Waals surface area contributed by atoms with Crippen LogP contribution >= 0.6 is 11.6 Å². The van der Waals surface area contributed by atoms with E-state index in [4.69, 9.17) is 22.1 Å². The van der Waals surface area contributed by atoms with Crippen LogP contribution in [0.3, 0.4) is 0 Å². The van der Waals surface area contributed by atoms with E-state index in [1.54, 1.807) is 29.1 Å². The Morgan fingerprint density at radius 2 is 2.21 bits per heavy atom. The molecule has 0 radical (unpaired) electrons. The standard InChI is InChI=1S/C15H15ClN6O2/c1-24-11-3-2-9(16)6-10(11)21-12(23)4-5-22-8-20-13-14(17)18-7-19-15(13)22/h2-3,6-8H,4-5H2,1H3,(H,21,23)(H2,17,18,19). The largest absolute Gasteiger partial charge is 0.495 e. The van der Waals surface area contributed by atoms with Crippen molar-refractivity contribution in [1.29, 1.82) is 0 Å². The topological polar surface area (TPSA) is 108 Å². The van der Waals surface area contributed by atoms with E-state index in [2.05, 4.69) is 20.3 Å². The summed E-state index contributed by atoms with van der Waals surface area (Å²) in [7, 11) is 1.53. The first-order valence-electron chi connectivity index (χ1n) is 7.13. The lowest BCUT2D eigenvalue weighted by Crippen LogP contribution is -2.15. The number of fused-ring (bicyclic) bond motifs is 1. The molecule has 0 spiro atoms. The molecule has 124 valence electrons. The molecule has 2 heterocycles. The van der Waals surface area contributed by atoms with Gasteiger partial charge in [-0.15, -0.1) is 0 Å². The summed E-state index contributed by atoms with van der Waals surface area (Å²) in [6.45, 7) is 0.404. The van der Waals surface area contributed by atoms with E-state index in [0.717, 1.165) is 0 Å². The fourth-order valence-electron chi connectivity index (χ4n) is 2.27. The second kappa shape index (κ2) is 6.71. The van der Waals surface area contributed by atoms with Crippen molar-refractivity contribution in [3.05, 3.63) is 35.9 Å². The van der Waals surface area contributed by atoms with E-state index in [9.17, 15) is 4.79 Å². The summed E-state index contributed by atoms with van der Waals surface area (Å²) in [5.74, 6) is 0.674. The molecule has 8 nitrogen and oxygen atoms in total. The van der Waals surface area contributed by atoms with Gasteiger partial charge in [0.1, 0.15) is 17.6 Å². The van der Waals surface area contributed by atoms with Gasteiger partial charge in [-0.2, -0.15) is 0 Å². The van der Waals surface area contributed by atoms with Crippen LogP contribution in [0.2, 0.25) is 5.02 Å². The number of aromatic nitrogens is 4. The van der Waals surface area contributed by atoms with Crippen molar-refractivity contribution >= 4 is 40.2 Å². The van der Waals surface area contributed by atoms with Crippen LogP contribution in [0.15, 0.2) is 30.9 Å². The number of nitrogens with zero attached hydrogens (tertiary/aromatic N) is 4. The molecule has 3 rings (SSSR count). The summed E-state index contributed by atoms with van der Waals surface area (Å²) in [6, 6.07) is 5.03. The summed E-state index contributed by atoms with van der Waals surface area (Å²) in [4.78, 5) is 24.4. The fraction of sp³-hybridized carbons (Fsp3) is 0.200. The molecule has 3 N–H and O–H groups in total. The van der Waals surface area contributed by atoms with Gasteiger partial charge in [-0.3, -0.25) is 4.79 Å². The Bertz CT molecular complexity index is 895. The number of carbonyl (C=O) groups is 1. The number of ether oxygens (including phenoxy) is 1. The number of halogens is 1. The van der Waals surface area contributed by atoms with Gasteiger partial charge in [0.25, 0.3) is 0 Å². The molecule has 0 unspecified atom stereocenters. The summed E-state index contributed by atoms with van der Waals surface area (Å²) in [6.07, 6.45) is 3.18. The number of nitrogens with one attached hydrogen (secondary N) is 1. The fourth-order valence-corrected chi connectivity index (χ4v) is 2.45. The number of nitrogens with two attached hydrogens (primary N) is 1. The Kier molecular flexibility index (Phi) is 4.48. The third kappa shape index (κ3) is 3.23. The zero-order chi connectivity index (χ0) is 17.1. The van der Waals surface area contributed by atoms with Crippen LogP contribution in [0.5, 0.6) is 5.75 Å². The quantitative estimate of drug-likeness (QED) is 0.732. The maximum absolute atomic E-state index is 12.2. The van der Waals surface area contributed by atoms with E-state index < -0.39 is 0 Å². The molecule has 1 aromatic carbocycles. The first-order valence-corrected chi connectivity index (χ1v) is 7.51. The minimum atomic E-state index is -0.181. The first kappa shape index (κ1) is 16.0. The number of imidazole rings is 1. The Hall–Kier alpha value is -2.87. The first-order chi connectivity index (χ1) is 11.6. The lowest BCUT2D eigenvalue weighted by atomic mass is 10.2. The molecule has 1 amide bonds. The van der Waals surface area contributed by atoms with Crippen molar-refractivity contribution in [2.75, 3.05) is 18.2 Å². The van der Waals surface area contributed by atoms with Gasteiger partial charge in [-0.05, 0) is 18.2 Å². The highest BCUT2D eigenvalue weighted by atomic mass is 35.5. The predicted molar refractivity (Wildman–Crippen MR) is 91.0 cm³/mol. The Morgan fingerprint density at radius 1 is 1.38 bits per heavy atom. The van der Waals surface area contributed by atoms with Crippen LogP contribution in [0, 0.1) is 0 Å². The number of hydrogen-bond acceptors (Lipinski definition) is 6. The second-order valence-electron chi connectivity index (χ2n) is 5.01. The second-order valence-corrected chi connectivity index (χ2v) is 5.45. The van der Waals surface area contributed by atoms with Crippen LogP contribution in [0.1, 0.15) is 6.42 Å². The van der Waals surface area contributed by atoms with E-state index in [1.165, 1.54) is 13.4 Å². The lowest BCUT2D eigenvalue weighted by molar-refractivity contribution is -0.116. The van der Waals surface area contributed by atoms with E-state index in [-0.39, 0.29) is 12.3 Å². The molecule has 0 bridgehead atoms. The van der Waals surface area contributed by atoms with Crippen LogP contribution in [0.25, 0.3) is 11.2 Å². The van der Waals surface area contributed by atoms with Crippen molar-refractivity contribution in [3.8, 4) is 5.75 Å². The molecule has 0 atom stereocenters. The molecule has 3 aromatic rings. The van der Waals surface area contributed by atoms with Gasteiger partial charge >= 0.3 is 0 Å². The molecule has 9 heteroatoms. The Balaban J connectivity index is 1.69. The number of rotatable bonds is 5. The van der Waals surface area contributed by atoms with Gasteiger partial charge < -0.3 is 20.4 Å². The SMILES string of the molecule is COc1ccc(Cl)cc1NC(=O)CCn1cnc2c(N)ncnc21. The van der Waals surface area contributed by atoms with Gasteiger partial charge in [0.05, 0.1) is 19.1 Å². The van der Waals surface area contributed by atoms with Crippen molar-refractivity contribution < 1.29 is 9.53 Å². The van der Waals surface area contributed by atoms with Gasteiger partial charge in [0, 0.05) is 18.0 Å². The van der Waals surface area contributed by atoms with Crippen LogP contribution in [-0.4, -0.2) is 32.5 Å². The van der Waals surface area contributed by atoms with Crippen LogP contribution in [-0.2, 0) is 11.3 Å². The van der Waals surface area contributed by atoms with E-state index in [0.29, 0.717) is 40.0 Å². The molecule has 0 aliphatic rings. The lowest BCUT2D eigenvalue weighted by Gasteiger charge is -2.10. The van der Waals surface area contributed by atoms with Crippen LogP contribution in [0.4, 0.5) is 11.5 Å². The molecule has 24 heavy (non-hydrogen) atoms. The van der Waals surface area contributed by atoms with Gasteiger partial charge in [-0.1, -0.05) is 11.6 Å². The summed E-state index contributed by atoms with van der Waals surface area (Å²) in [5, 5.41) is 3.30. The van der Waals surface area contributed by atoms with Gasteiger partial charge in [0.15, 0.2) is 11.5 Å². The number of methoxy groups -OCH3 is 1. The molecule has 0 aliphatic carbocycles. The third-order valence-corrected chi connectivity index (χ3v) is 3.68. The summed E-state index contributed by atoms with van der Waals surface area (Å²) < 4.78 is 6.96. The normalized spacial score (nSPS) is 10.8. The average molecular weight is 347 g/mol. The zero-order valence-electron chi connectivity index (χ0n) is 12.9. The molecule has 0 aliphatic heterocycles. The maximum Gasteiger partial charge on any atom is 0.226 e. The van der Waals surface area contributed by atoms with Crippen molar-refractivity contribution in [3.63, 3.8) is 0 Å². The minimum Gasteiger partial charge on any atom is -0.495 e. The number of benzene rings is 1. The van der Waals surface area contributed by atoms with Crippen molar-refractivity contribution in [2.45, 2.75) is 13.0 Å². The molecule has 2 aromatic heterocycles. The molecular weight excluding hydrogens is 332 g/mol. The monoisotopic (exact) mass is 346 g/mol. The van der Waals surface area contributed by atoms with Crippen molar-refractivity contribution in [2.24, 2.45) is 0 Å². The number of carbonyl (C=O) groups excluding carboxylic acids is 1. The summed E-state index contributed by atoms with van der Waals surface area (Å²) in [5.41, 5.74) is 7.38. The molecule has 0 saturated heterocycles. The highest BCUT2D eigenvalue weighted by Gasteiger charge is 2.11. The van der Waals surface area contributed by atoms with Gasteiger partial charge in [-0.25, -0.2) is 15.0 Å². The zero-order valence-corrected chi connectivity index (χ0v) is 13.6. The molecular formula is C15H15ClN6O2. The van der Waals surface area contributed by atoms with Crippen LogP contribution < -0.4 is 15.8 Å². The number of amides is 1. The smallest absolute Gasteiger partial charge is 0.226 e. The predicted octanol–water partition coefficient (Wildman–Crippen LogP) is 2.10. The number of aryl methyl sites for hydroxylation is 1. The third-order valence-electron chi connectivity index (χ3n) is 3.44. The van der Waals surface area contributed by atoms with Crippen molar-refractivity contribution in [1.82, 2.24) is 19.5 Å². The Morgan fingerprint density at radius 3 is 3.00 bits per heavy atom. The molecule has 0 fully saturated rings. The number of hydrogen-bond donors (Lipinski definition) is 2. The molecule has 0 saturated carbocycles.